The fraction of sp³-hybridized carbons (Fsp3) is 0.476. The smallest absolute Gasteiger partial charge is 0.303 e. The number of hydrogen-bond donors (Lipinski definition) is 2. The molecule has 0 bridgehead atoms. The number of benzene rings is 1. The third kappa shape index (κ3) is 3.80. The lowest BCUT2D eigenvalue weighted by Gasteiger charge is -2.29. The number of hydrogen-bond acceptors (Lipinski definition) is 6. The predicted molar refractivity (Wildman–Crippen MR) is 112 cm³/mol. The van der Waals surface area contributed by atoms with Crippen LogP contribution in [-0.4, -0.2) is 62.0 Å². The van der Waals surface area contributed by atoms with Crippen LogP contribution < -0.4 is 0 Å². The first-order chi connectivity index (χ1) is 14.1. The Morgan fingerprint density at radius 1 is 1.24 bits per heavy atom. The summed E-state index contributed by atoms with van der Waals surface area (Å²) in [6.07, 6.45) is 0.969. The molecule has 2 atom stereocenters. The number of fused-ring (bicyclic) bond motifs is 2. The summed E-state index contributed by atoms with van der Waals surface area (Å²) in [6, 6.07) is 8.10. The number of aromatic nitrogens is 3. The van der Waals surface area contributed by atoms with Gasteiger partial charge in [0.1, 0.15) is 5.82 Å². The van der Waals surface area contributed by atoms with Gasteiger partial charge in [0, 0.05) is 49.9 Å². The number of carboxylic acids is 1. The van der Waals surface area contributed by atoms with Gasteiger partial charge in [-0.2, -0.15) is 0 Å². The van der Waals surface area contributed by atoms with E-state index in [1.54, 1.807) is 11.3 Å². The summed E-state index contributed by atoms with van der Waals surface area (Å²) in [6.45, 7) is 5.51. The molecule has 5 rings (SSSR count). The van der Waals surface area contributed by atoms with Gasteiger partial charge in [-0.15, -0.1) is 11.3 Å². The number of thiazole rings is 1. The summed E-state index contributed by atoms with van der Waals surface area (Å²) >= 11 is 1.63. The average molecular weight is 412 g/mol. The van der Waals surface area contributed by atoms with Crippen LogP contribution in [0.25, 0.3) is 11.0 Å². The van der Waals surface area contributed by atoms with E-state index in [9.17, 15) is 9.90 Å². The monoisotopic (exact) mass is 411 g/mol. The van der Waals surface area contributed by atoms with E-state index < -0.39 is 5.97 Å². The number of carboxylic acid groups (broad SMARTS) is 1. The van der Waals surface area contributed by atoms with Crippen molar-refractivity contribution in [3.8, 4) is 0 Å². The van der Waals surface area contributed by atoms with Crippen molar-refractivity contribution in [2.75, 3.05) is 26.2 Å². The van der Waals surface area contributed by atoms with Crippen molar-refractivity contribution in [2.45, 2.75) is 25.9 Å². The molecule has 2 aliphatic rings. The highest BCUT2D eigenvalue weighted by Crippen LogP contribution is 2.46. The van der Waals surface area contributed by atoms with Crippen molar-refractivity contribution in [3.63, 3.8) is 0 Å². The maximum atomic E-state index is 11.3. The Morgan fingerprint density at radius 3 is 2.76 bits per heavy atom. The van der Waals surface area contributed by atoms with E-state index in [4.69, 9.17) is 4.98 Å². The van der Waals surface area contributed by atoms with Crippen LogP contribution in [0.1, 0.15) is 24.4 Å². The zero-order valence-electron chi connectivity index (χ0n) is 16.3. The third-order valence-corrected chi connectivity index (χ3v) is 7.05. The molecule has 0 radical (unpaired) electrons. The molecule has 3 aromatic rings. The second kappa shape index (κ2) is 7.51. The molecule has 2 aromatic heterocycles. The molecule has 2 fully saturated rings. The minimum Gasteiger partial charge on any atom is -0.481 e. The van der Waals surface area contributed by atoms with E-state index in [0.717, 1.165) is 68.2 Å². The topological polar surface area (TPSA) is 85.3 Å². The highest BCUT2D eigenvalue weighted by atomic mass is 32.1. The van der Waals surface area contributed by atoms with Gasteiger partial charge in [-0.1, -0.05) is 12.1 Å². The number of nitrogens with one attached hydrogen (secondary N) is 1. The van der Waals surface area contributed by atoms with Gasteiger partial charge in [-0.3, -0.25) is 14.6 Å². The number of para-hydroxylation sites is 2. The second-order valence-electron chi connectivity index (χ2n) is 8.47. The molecular weight excluding hydrogens is 386 g/mol. The van der Waals surface area contributed by atoms with Gasteiger partial charge in [0.15, 0.2) is 0 Å². The largest absolute Gasteiger partial charge is 0.481 e. The van der Waals surface area contributed by atoms with Crippen molar-refractivity contribution in [1.29, 1.82) is 0 Å². The molecule has 0 amide bonds. The summed E-state index contributed by atoms with van der Waals surface area (Å²) < 4.78 is 0. The van der Waals surface area contributed by atoms with Gasteiger partial charge >= 0.3 is 5.97 Å². The van der Waals surface area contributed by atoms with Crippen molar-refractivity contribution >= 4 is 28.3 Å². The van der Waals surface area contributed by atoms with Crippen LogP contribution in [0.3, 0.4) is 0 Å². The second-order valence-corrected chi connectivity index (χ2v) is 9.19. The summed E-state index contributed by atoms with van der Waals surface area (Å²) in [5, 5.41) is 11.4. The lowest BCUT2D eigenvalue weighted by Crippen LogP contribution is -2.34. The van der Waals surface area contributed by atoms with E-state index in [2.05, 4.69) is 31.2 Å². The van der Waals surface area contributed by atoms with Gasteiger partial charge < -0.3 is 10.1 Å². The average Bonchev–Trinajstić information content (AvgIpc) is 3.43. The van der Waals surface area contributed by atoms with Crippen LogP contribution in [0, 0.1) is 11.3 Å². The maximum Gasteiger partial charge on any atom is 0.303 e. The predicted octanol–water partition coefficient (Wildman–Crippen LogP) is 2.82. The minimum atomic E-state index is -0.702. The summed E-state index contributed by atoms with van der Waals surface area (Å²) in [5.41, 5.74) is 5.10. The maximum absolute atomic E-state index is 11.3. The zero-order chi connectivity index (χ0) is 19.8. The summed E-state index contributed by atoms with van der Waals surface area (Å²) in [7, 11) is 0. The molecule has 2 aliphatic heterocycles. The minimum absolute atomic E-state index is 0.0421. The number of likely N-dealkylation sites (tertiary alicyclic amines) is 2. The molecule has 1 aromatic carbocycles. The van der Waals surface area contributed by atoms with Gasteiger partial charge in [-0.05, 0) is 24.5 Å². The molecule has 2 unspecified atom stereocenters. The molecule has 0 spiro atoms. The Kier molecular flexibility index (Phi) is 4.85. The Labute approximate surface area is 173 Å². The number of aliphatic carboxylic acids is 1. The Hall–Kier alpha value is -2.29. The number of rotatable bonds is 7. The zero-order valence-corrected chi connectivity index (χ0v) is 17.1. The Balaban J connectivity index is 1.30. The Morgan fingerprint density at radius 2 is 2.03 bits per heavy atom. The molecule has 152 valence electrons. The van der Waals surface area contributed by atoms with E-state index in [-0.39, 0.29) is 11.8 Å². The molecular formula is C21H25N5O2S. The molecule has 2 N–H and O–H groups in total. The van der Waals surface area contributed by atoms with Gasteiger partial charge in [-0.25, -0.2) is 9.97 Å². The first-order valence-electron chi connectivity index (χ1n) is 10.1. The third-order valence-electron chi connectivity index (χ3n) is 6.42. The fourth-order valence-corrected chi connectivity index (χ4v) is 5.74. The van der Waals surface area contributed by atoms with Crippen LogP contribution in [0.4, 0.5) is 0 Å². The molecule has 29 heavy (non-hydrogen) atoms. The molecule has 2 saturated heterocycles. The van der Waals surface area contributed by atoms with Crippen LogP contribution in [0.2, 0.25) is 0 Å². The van der Waals surface area contributed by atoms with Crippen molar-refractivity contribution in [1.82, 2.24) is 24.8 Å². The lowest BCUT2D eigenvalue weighted by molar-refractivity contribution is -0.137. The van der Waals surface area contributed by atoms with Crippen LogP contribution in [0.5, 0.6) is 0 Å². The number of carbonyl (C=O) groups is 1. The first-order valence-corrected chi connectivity index (χ1v) is 11.0. The van der Waals surface area contributed by atoms with E-state index in [1.807, 2.05) is 23.7 Å². The Bertz CT molecular complexity index is 971. The van der Waals surface area contributed by atoms with E-state index in [1.165, 1.54) is 0 Å². The molecule has 4 heterocycles. The molecule has 0 saturated carbocycles. The van der Waals surface area contributed by atoms with Crippen LogP contribution in [0.15, 0.2) is 35.2 Å². The number of aromatic amines is 1. The van der Waals surface area contributed by atoms with Crippen molar-refractivity contribution in [2.24, 2.45) is 11.3 Å². The summed E-state index contributed by atoms with van der Waals surface area (Å²) in [5.74, 6) is 0.774. The molecule has 0 aliphatic carbocycles. The number of H-pyrrole nitrogens is 1. The number of imidazole rings is 1. The van der Waals surface area contributed by atoms with Gasteiger partial charge in [0.2, 0.25) is 0 Å². The molecule has 8 heteroatoms. The fourth-order valence-electron chi connectivity index (χ4n) is 5.19. The van der Waals surface area contributed by atoms with Crippen LogP contribution >= 0.6 is 11.3 Å². The van der Waals surface area contributed by atoms with E-state index >= 15 is 0 Å². The van der Waals surface area contributed by atoms with Gasteiger partial charge in [0.05, 0.1) is 28.8 Å². The van der Waals surface area contributed by atoms with Crippen LogP contribution in [-0.2, 0) is 17.9 Å². The normalized spacial score (nSPS) is 25.0. The standard InChI is InChI=1S/C21H25N5O2S/c27-20(28)5-6-21-12-25(9-16-11-29-14-22-16)7-15(21)8-26(13-21)10-19-23-17-3-1-2-4-18(17)24-19/h1-4,11,14-15H,5-10,12-13H2,(H,23,24)(H,27,28). The van der Waals surface area contributed by atoms with Crippen molar-refractivity contribution < 1.29 is 9.90 Å². The van der Waals surface area contributed by atoms with Gasteiger partial charge in [0.25, 0.3) is 0 Å². The van der Waals surface area contributed by atoms with Crippen molar-refractivity contribution in [3.05, 3.63) is 46.7 Å². The molecule has 7 nitrogen and oxygen atoms in total. The summed E-state index contributed by atoms with van der Waals surface area (Å²) in [4.78, 5) is 28.8. The lowest BCUT2D eigenvalue weighted by atomic mass is 9.77. The quantitative estimate of drug-likeness (QED) is 0.622. The highest BCUT2D eigenvalue weighted by molar-refractivity contribution is 7.07. The SMILES string of the molecule is O=C(O)CCC12CN(Cc3cscn3)CC1CN(Cc1nc3ccccc3[nH]1)C2. The number of nitrogens with zero attached hydrogens (tertiary/aromatic N) is 4. The first kappa shape index (κ1) is 18.7. The van der Waals surface area contributed by atoms with E-state index in [0.29, 0.717) is 5.92 Å². The highest BCUT2D eigenvalue weighted by Gasteiger charge is 2.52.